The summed E-state index contributed by atoms with van der Waals surface area (Å²) >= 11 is 0. The van der Waals surface area contributed by atoms with Crippen LogP contribution in [-0.4, -0.2) is 61.4 Å². The number of rotatable bonds is 7. The van der Waals surface area contributed by atoms with E-state index >= 15 is 0 Å². The van der Waals surface area contributed by atoms with Gasteiger partial charge >= 0.3 is 0 Å². The zero-order valence-electron chi connectivity index (χ0n) is 10.6. The predicted octanol–water partition coefficient (Wildman–Crippen LogP) is -0.177. The quantitative estimate of drug-likeness (QED) is 0.190. The van der Waals surface area contributed by atoms with Crippen molar-refractivity contribution in [2.24, 2.45) is 10.9 Å². The summed E-state index contributed by atoms with van der Waals surface area (Å²) in [6.45, 7) is 7.85. The van der Waals surface area contributed by atoms with Gasteiger partial charge in [0.1, 0.15) is 5.84 Å². The molecule has 0 saturated carbocycles. The number of morpholine rings is 1. The summed E-state index contributed by atoms with van der Waals surface area (Å²) in [7, 11) is 0. The number of nitrogens with one attached hydrogen (secondary N) is 1. The fraction of sp³-hybridized carbons (Fsp3) is 0.909. The van der Waals surface area contributed by atoms with Crippen molar-refractivity contribution < 1.29 is 9.94 Å². The maximum atomic E-state index is 8.38. The van der Waals surface area contributed by atoms with Gasteiger partial charge in [-0.15, -0.1) is 0 Å². The second-order valence-electron chi connectivity index (χ2n) is 4.46. The zero-order chi connectivity index (χ0) is 12.5. The number of hydrogen-bond donors (Lipinski definition) is 3. The third-order valence-electron chi connectivity index (χ3n) is 2.87. The van der Waals surface area contributed by atoms with Crippen LogP contribution in [0.3, 0.4) is 0 Å². The minimum Gasteiger partial charge on any atom is -0.409 e. The summed E-state index contributed by atoms with van der Waals surface area (Å²) in [4.78, 5) is 2.41. The highest BCUT2D eigenvalue weighted by molar-refractivity contribution is 5.79. The monoisotopic (exact) mass is 244 g/mol. The SMILES string of the molecule is CC(CN1CCOCC1)NCCCC(N)=NO. The summed E-state index contributed by atoms with van der Waals surface area (Å²) in [5, 5.41) is 14.8. The van der Waals surface area contributed by atoms with Gasteiger partial charge in [-0.1, -0.05) is 5.16 Å². The van der Waals surface area contributed by atoms with Gasteiger partial charge < -0.3 is 21.0 Å². The van der Waals surface area contributed by atoms with Crippen molar-refractivity contribution in [2.45, 2.75) is 25.8 Å². The van der Waals surface area contributed by atoms with Gasteiger partial charge in [0, 0.05) is 32.1 Å². The van der Waals surface area contributed by atoms with Crippen molar-refractivity contribution in [1.29, 1.82) is 0 Å². The summed E-state index contributed by atoms with van der Waals surface area (Å²) in [6.07, 6.45) is 1.52. The molecule has 0 radical (unpaired) electrons. The van der Waals surface area contributed by atoms with E-state index in [0.717, 1.165) is 45.8 Å². The third kappa shape index (κ3) is 6.45. The molecule has 0 aliphatic carbocycles. The Kier molecular flexibility index (Phi) is 6.91. The van der Waals surface area contributed by atoms with Crippen molar-refractivity contribution >= 4 is 5.84 Å². The first-order valence-corrected chi connectivity index (χ1v) is 6.22. The molecule has 1 fully saturated rings. The van der Waals surface area contributed by atoms with Crippen LogP contribution < -0.4 is 11.1 Å². The molecule has 1 atom stereocenters. The van der Waals surface area contributed by atoms with E-state index in [0.29, 0.717) is 18.3 Å². The van der Waals surface area contributed by atoms with Crippen LogP contribution in [0.15, 0.2) is 5.16 Å². The van der Waals surface area contributed by atoms with Gasteiger partial charge in [-0.2, -0.15) is 0 Å². The summed E-state index contributed by atoms with van der Waals surface area (Å²) in [6, 6.07) is 0.459. The molecule has 100 valence electrons. The summed E-state index contributed by atoms with van der Waals surface area (Å²) < 4.78 is 5.31. The Labute approximate surface area is 103 Å². The minimum absolute atomic E-state index is 0.299. The lowest BCUT2D eigenvalue weighted by atomic mass is 10.2. The lowest BCUT2D eigenvalue weighted by molar-refractivity contribution is 0.0344. The second kappa shape index (κ2) is 8.27. The molecule has 1 saturated heterocycles. The van der Waals surface area contributed by atoms with E-state index in [-0.39, 0.29) is 0 Å². The zero-order valence-corrected chi connectivity index (χ0v) is 10.6. The second-order valence-corrected chi connectivity index (χ2v) is 4.46. The molecule has 1 heterocycles. The van der Waals surface area contributed by atoms with Crippen LogP contribution >= 0.6 is 0 Å². The van der Waals surface area contributed by atoms with Gasteiger partial charge in [0.2, 0.25) is 0 Å². The number of nitrogens with zero attached hydrogens (tertiary/aromatic N) is 2. The van der Waals surface area contributed by atoms with Gasteiger partial charge in [-0.25, -0.2) is 0 Å². The molecule has 0 spiro atoms. The molecule has 4 N–H and O–H groups in total. The summed E-state index contributed by atoms with van der Waals surface area (Å²) in [5.41, 5.74) is 5.39. The molecule has 0 amide bonds. The van der Waals surface area contributed by atoms with Crippen LogP contribution in [0.2, 0.25) is 0 Å². The molecule has 1 unspecified atom stereocenters. The molecule has 0 aromatic heterocycles. The highest BCUT2D eigenvalue weighted by atomic mass is 16.5. The maximum Gasteiger partial charge on any atom is 0.139 e. The Morgan fingerprint density at radius 1 is 1.53 bits per heavy atom. The highest BCUT2D eigenvalue weighted by Crippen LogP contribution is 1.98. The van der Waals surface area contributed by atoms with E-state index in [9.17, 15) is 0 Å². The largest absolute Gasteiger partial charge is 0.409 e. The van der Waals surface area contributed by atoms with Crippen molar-refractivity contribution in [3.05, 3.63) is 0 Å². The van der Waals surface area contributed by atoms with E-state index in [1.165, 1.54) is 0 Å². The van der Waals surface area contributed by atoms with Gasteiger partial charge in [0.05, 0.1) is 13.2 Å². The standard InChI is InChI=1S/C11H24N4O2/c1-10(9-15-5-7-17-8-6-15)13-4-2-3-11(12)14-16/h10,13,16H,2-9H2,1H3,(H2,12,14). The third-order valence-corrected chi connectivity index (χ3v) is 2.87. The first kappa shape index (κ1) is 14.2. The van der Waals surface area contributed by atoms with Gasteiger partial charge in [-0.3, -0.25) is 4.90 Å². The highest BCUT2D eigenvalue weighted by Gasteiger charge is 2.12. The molecule has 1 aliphatic heterocycles. The van der Waals surface area contributed by atoms with Crippen molar-refractivity contribution in [3.63, 3.8) is 0 Å². The summed E-state index contributed by atoms with van der Waals surface area (Å²) in [5.74, 6) is 0.299. The van der Waals surface area contributed by atoms with Crippen LogP contribution in [0.4, 0.5) is 0 Å². The molecule has 6 heteroatoms. The lowest BCUT2D eigenvalue weighted by Gasteiger charge is -2.29. The number of nitrogens with two attached hydrogens (primary N) is 1. The maximum absolute atomic E-state index is 8.38. The van der Waals surface area contributed by atoms with Gasteiger partial charge in [-0.05, 0) is 19.9 Å². The molecular weight excluding hydrogens is 220 g/mol. The molecule has 1 rings (SSSR count). The first-order valence-electron chi connectivity index (χ1n) is 6.22. The molecule has 1 aliphatic rings. The lowest BCUT2D eigenvalue weighted by Crippen LogP contribution is -2.44. The predicted molar refractivity (Wildman–Crippen MR) is 67.4 cm³/mol. The van der Waals surface area contributed by atoms with E-state index in [2.05, 4.69) is 22.3 Å². The fourth-order valence-corrected chi connectivity index (χ4v) is 1.90. The Morgan fingerprint density at radius 2 is 2.24 bits per heavy atom. The average Bonchev–Trinajstić information content (AvgIpc) is 2.35. The Hall–Kier alpha value is -0.850. The van der Waals surface area contributed by atoms with Crippen molar-refractivity contribution in [3.8, 4) is 0 Å². The van der Waals surface area contributed by atoms with Crippen LogP contribution in [0.5, 0.6) is 0 Å². The Morgan fingerprint density at radius 3 is 2.88 bits per heavy atom. The number of hydrogen-bond acceptors (Lipinski definition) is 5. The van der Waals surface area contributed by atoms with E-state index < -0.39 is 0 Å². The first-order chi connectivity index (χ1) is 8.22. The minimum atomic E-state index is 0.299. The van der Waals surface area contributed by atoms with Gasteiger partial charge in [0.25, 0.3) is 0 Å². The number of ether oxygens (including phenoxy) is 1. The van der Waals surface area contributed by atoms with E-state index in [1.54, 1.807) is 0 Å². The van der Waals surface area contributed by atoms with E-state index in [4.69, 9.17) is 15.7 Å². The smallest absolute Gasteiger partial charge is 0.139 e. The Balaban J connectivity index is 2.02. The van der Waals surface area contributed by atoms with Crippen molar-refractivity contribution in [2.75, 3.05) is 39.4 Å². The number of amidine groups is 1. The molecule has 0 aromatic rings. The molecule has 0 aromatic carbocycles. The van der Waals surface area contributed by atoms with Crippen molar-refractivity contribution in [1.82, 2.24) is 10.2 Å². The number of oxime groups is 1. The van der Waals surface area contributed by atoms with Gasteiger partial charge in [0.15, 0.2) is 0 Å². The van der Waals surface area contributed by atoms with Crippen LogP contribution in [0.25, 0.3) is 0 Å². The normalized spacial score (nSPS) is 20.4. The molecule has 6 nitrogen and oxygen atoms in total. The van der Waals surface area contributed by atoms with Crippen LogP contribution in [0.1, 0.15) is 19.8 Å². The fourth-order valence-electron chi connectivity index (χ4n) is 1.90. The Bertz CT molecular complexity index is 230. The molecule has 17 heavy (non-hydrogen) atoms. The molecule has 0 bridgehead atoms. The topological polar surface area (TPSA) is 83.1 Å². The average molecular weight is 244 g/mol. The van der Waals surface area contributed by atoms with Crippen LogP contribution in [-0.2, 0) is 4.74 Å². The molecular formula is C11H24N4O2. The van der Waals surface area contributed by atoms with E-state index in [1.807, 2.05) is 0 Å². The van der Waals surface area contributed by atoms with Crippen LogP contribution in [0, 0.1) is 0 Å².